The molecule has 0 bridgehead atoms. The normalized spacial score (nSPS) is 11.8. The number of hydrogen-bond donors (Lipinski definition) is 0. The molecular weight excluding hydrogens is 528 g/mol. The second kappa shape index (κ2) is 11.7. The molecule has 0 radical (unpaired) electrons. The largest absolute Gasteiger partial charge is 0.279 e. The van der Waals surface area contributed by atoms with E-state index in [2.05, 4.69) is 4.98 Å². The van der Waals surface area contributed by atoms with Crippen LogP contribution < -0.4 is 4.90 Å². The van der Waals surface area contributed by atoms with Crippen molar-refractivity contribution in [2.75, 3.05) is 18.0 Å². The first-order chi connectivity index (χ1) is 17.7. The minimum atomic E-state index is -3.63. The van der Waals surface area contributed by atoms with E-state index in [1.807, 2.05) is 45.0 Å². The van der Waals surface area contributed by atoms with Crippen LogP contribution >= 0.6 is 22.9 Å². The number of nitrogens with zero attached hydrogens (tertiary/aromatic N) is 4. The molecular formula is C27H29ClN4O3S2. The minimum absolute atomic E-state index is 0.174. The van der Waals surface area contributed by atoms with Gasteiger partial charge in [-0.1, -0.05) is 43.2 Å². The third kappa shape index (κ3) is 6.01. The van der Waals surface area contributed by atoms with Crippen LogP contribution in [-0.2, 0) is 16.6 Å². The SMILES string of the molecule is CCCCN(CC)S(=O)(=O)c1ccc(C(=O)N(Cc2ccncc2)c2nc3c(C)cc(Cl)cc3s2)cc1. The highest BCUT2D eigenvalue weighted by Crippen LogP contribution is 2.34. The Labute approximate surface area is 226 Å². The summed E-state index contributed by atoms with van der Waals surface area (Å²) in [4.78, 5) is 24.4. The summed E-state index contributed by atoms with van der Waals surface area (Å²) >= 11 is 7.64. The Hall–Kier alpha value is -2.85. The van der Waals surface area contributed by atoms with Crippen molar-refractivity contribution in [1.82, 2.24) is 14.3 Å². The van der Waals surface area contributed by atoms with E-state index >= 15 is 0 Å². The summed E-state index contributed by atoms with van der Waals surface area (Å²) in [5.41, 5.74) is 2.99. The molecule has 7 nitrogen and oxygen atoms in total. The number of aromatic nitrogens is 2. The Morgan fingerprint density at radius 1 is 1.05 bits per heavy atom. The van der Waals surface area contributed by atoms with Crippen molar-refractivity contribution >= 4 is 54.2 Å². The number of pyridine rings is 1. The molecule has 37 heavy (non-hydrogen) atoms. The molecule has 0 aliphatic heterocycles. The molecule has 2 aromatic carbocycles. The number of hydrogen-bond acceptors (Lipinski definition) is 6. The molecule has 0 aliphatic carbocycles. The maximum Gasteiger partial charge on any atom is 0.260 e. The molecule has 4 aromatic rings. The van der Waals surface area contributed by atoms with Crippen molar-refractivity contribution in [2.45, 2.75) is 45.1 Å². The molecule has 0 fully saturated rings. The van der Waals surface area contributed by atoms with Gasteiger partial charge in [-0.25, -0.2) is 13.4 Å². The lowest BCUT2D eigenvalue weighted by Gasteiger charge is -2.22. The number of carbonyl (C=O) groups excluding carboxylic acids is 1. The van der Waals surface area contributed by atoms with Crippen molar-refractivity contribution in [3.63, 3.8) is 0 Å². The molecule has 4 rings (SSSR count). The van der Waals surface area contributed by atoms with Crippen molar-refractivity contribution in [1.29, 1.82) is 0 Å². The molecule has 0 N–H and O–H groups in total. The van der Waals surface area contributed by atoms with Gasteiger partial charge in [0.1, 0.15) is 0 Å². The van der Waals surface area contributed by atoms with Crippen LogP contribution in [0.25, 0.3) is 10.2 Å². The van der Waals surface area contributed by atoms with E-state index in [1.54, 1.807) is 29.4 Å². The molecule has 194 valence electrons. The van der Waals surface area contributed by atoms with Crippen LogP contribution in [0.5, 0.6) is 0 Å². The summed E-state index contributed by atoms with van der Waals surface area (Å²) in [6.07, 6.45) is 5.06. The summed E-state index contributed by atoms with van der Waals surface area (Å²) in [6, 6.07) is 13.5. The second-order valence-electron chi connectivity index (χ2n) is 8.69. The third-order valence-corrected chi connectivity index (χ3v) is 9.29. The number of carbonyl (C=O) groups is 1. The van der Waals surface area contributed by atoms with Gasteiger partial charge in [0.2, 0.25) is 10.0 Å². The molecule has 0 unspecified atom stereocenters. The molecule has 0 spiro atoms. The maximum atomic E-state index is 13.8. The lowest BCUT2D eigenvalue weighted by molar-refractivity contribution is 0.0985. The van der Waals surface area contributed by atoms with Crippen LogP contribution in [0.2, 0.25) is 5.02 Å². The van der Waals surface area contributed by atoms with Gasteiger partial charge in [0.15, 0.2) is 5.13 Å². The minimum Gasteiger partial charge on any atom is -0.279 e. The van der Waals surface area contributed by atoms with Gasteiger partial charge in [-0.15, -0.1) is 0 Å². The Kier molecular flexibility index (Phi) is 8.59. The van der Waals surface area contributed by atoms with E-state index in [4.69, 9.17) is 16.6 Å². The zero-order valence-corrected chi connectivity index (χ0v) is 23.4. The molecule has 0 atom stereocenters. The van der Waals surface area contributed by atoms with Crippen molar-refractivity contribution < 1.29 is 13.2 Å². The molecule has 0 saturated heterocycles. The van der Waals surface area contributed by atoms with Crippen LogP contribution in [0.15, 0.2) is 65.8 Å². The van der Waals surface area contributed by atoms with Crippen molar-refractivity contribution in [3.8, 4) is 0 Å². The Balaban J connectivity index is 1.69. The van der Waals surface area contributed by atoms with Gasteiger partial charge in [0, 0.05) is 36.1 Å². The summed E-state index contributed by atoms with van der Waals surface area (Å²) in [6.45, 7) is 6.94. The number of unbranched alkanes of at least 4 members (excludes halogenated alkanes) is 1. The van der Waals surface area contributed by atoms with Crippen molar-refractivity contribution in [2.24, 2.45) is 0 Å². The fraction of sp³-hybridized carbons (Fsp3) is 0.296. The van der Waals surface area contributed by atoms with E-state index in [0.717, 1.165) is 34.2 Å². The Morgan fingerprint density at radius 2 is 1.76 bits per heavy atom. The predicted molar refractivity (Wildman–Crippen MR) is 150 cm³/mol. The molecule has 1 amide bonds. The molecule has 0 saturated carbocycles. The number of benzene rings is 2. The number of aryl methyl sites for hydroxylation is 1. The first-order valence-corrected chi connectivity index (χ1v) is 14.8. The van der Waals surface area contributed by atoms with Gasteiger partial charge in [0.25, 0.3) is 5.91 Å². The van der Waals surface area contributed by atoms with E-state index in [1.165, 1.54) is 27.8 Å². The Bertz CT molecular complexity index is 1490. The predicted octanol–water partition coefficient (Wildman–Crippen LogP) is 6.31. The van der Waals surface area contributed by atoms with Gasteiger partial charge >= 0.3 is 0 Å². The van der Waals surface area contributed by atoms with Gasteiger partial charge in [-0.3, -0.25) is 14.7 Å². The number of amides is 1. The van der Waals surface area contributed by atoms with E-state index in [9.17, 15) is 13.2 Å². The number of halogens is 1. The van der Waals surface area contributed by atoms with Crippen LogP contribution in [0.4, 0.5) is 5.13 Å². The standard InChI is InChI=1S/C27H29ClN4O3S2/c1-4-6-15-31(5-2)37(34,35)23-9-7-21(8-10-23)26(33)32(18-20-11-13-29-14-12-20)27-30-25-19(3)16-22(28)17-24(25)36-27/h7-14,16-17H,4-6,15,18H2,1-3H3. The molecule has 10 heteroatoms. The van der Waals surface area contributed by atoms with Crippen LogP contribution in [-0.4, -0.2) is 41.7 Å². The van der Waals surface area contributed by atoms with Gasteiger partial charge in [-0.2, -0.15) is 4.31 Å². The maximum absolute atomic E-state index is 13.8. The van der Waals surface area contributed by atoms with E-state index < -0.39 is 10.0 Å². The molecule has 0 aliphatic rings. The molecule has 2 aromatic heterocycles. The van der Waals surface area contributed by atoms with E-state index in [0.29, 0.717) is 28.8 Å². The van der Waals surface area contributed by atoms with Crippen LogP contribution in [0.3, 0.4) is 0 Å². The fourth-order valence-corrected chi connectivity index (χ4v) is 6.92. The van der Waals surface area contributed by atoms with Gasteiger partial charge in [0.05, 0.1) is 21.7 Å². The first kappa shape index (κ1) is 27.2. The second-order valence-corrected chi connectivity index (χ2v) is 12.1. The fourth-order valence-electron chi connectivity index (χ4n) is 4.01. The summed E-state index contributed by atoms with van der Waals surface area (Å²) in [7, 11) is -3.63. The Morgan fingerprint density at radius 3 is 2.41 bits per heavy atom. The lowest BCUT2D eigenvalue weighted by atomic mass is 10.2. The van der Waals surface area contributed by atoms with Crippen molar-refractivity contribution in [3.05, 3.63) is 82.6 Å². The lowest BCUT2D eigenvalue weighted by Crippen LogP contribution is -2.32. The summed E-state index contributed by atoms with van der Waals surface area (Å²) in [5, 5.41) is 1.15. The monoisotopic (exact) mass is 556 g/mol. The average Bonchev–Trinajstić information content (AvgIpc) is 3.32. The number of rotatable bonds is 10. The first-order valence-electron chi connectivity index (χ1n) is 12.1. The smallest absolute Gasteiger partial charge is 0.260 e. The number of thiazole rings is 1. The highest BCUT2D eigenvalue weighted by atomic mass is 35.5. The number of fused-ring (bicyclic) bond motifs is 1. The summed E-state index contributed by atoms with van der Waals surface area (Å²) in [5.74, 6) is -0.276. The zero-order chi connectivity index (χ0) is 26.6. The highest BCUT2D eigenvalue weighted by molar-refractivity contribution is 7.89. The number of anilines is 1. The van der Waals surface area contributed by atoms with E-state index in [-0.39, 0.29) is 17.3 Å². The van der Waals surface area contributed by atoms with Crippen LogP contribution in [0, 0.1) is 6.92 Å². The van der Waals surface area contributed by atoms with Crippen LogP contribution in [0.1, 0.15) is 48.2 Å². The average molecular weight is 557 g/mol. The summed E-state index contributed by atoms with van der Waals surface area (Å²) < 4.78 is 28.6. The molecule has 2 heterocycles. The van der Waals surface area contributed by atoms with Gasteiger partial charge < -0.3 is 0 Å². The van der Waals surface area contributed by atoms with Gasteiger partial charge in [-0.05, 0) is 73.0 Å². The number of sulfonamides is 1. The third-order valence-electron chi connectivity index (χ3n) is 6.06. The zero-order valence-electron chi connectivity index (χ0n) is 21.0. The topological polar surface area (TPSA) is 83.5 Å². The quantitative estimate of drug-likeness (QED) is 0.228. The highest BCUT2D eigenvalue weighted by Gasteiger charge is 2.25.